The van der Waals surface area contributed by atoms with Crippen molar-refractivity contribution in [2.24, 2.45) is 0 Å². The molecule has 0 unspecified atom stereocenters. The summed E-state index contributed by atoms with van der Waals surface area (Å²) in [5.74, 6) is 0. The van der Waals surface area contributed by atoms with Gasteiger partial charge in [-0.1, -0.05) is 12.1 Å². The largest absolute Gasteiger partial charge is 0.392 e. The summed E-state index contributed by atoms with van der Waals surface area (Å²) in [6.45, 7) is 0.0136. The number of aliphatic hydroxyl groups is 1. The first-order chi connectivity index (χ1) is 4.34. The molecule has 0 atom stereocenters. The van der Waals surface area contributed by atoms with Crippen molar-refractivity contribution in [3.05, 3.63) is 29.8 Å². The predicted octanol–water partition coefficient (Wildman–Crippen LogP) is 1.27. The van der Waals surface area contributed by atoms with Crippen molar-refractivity contribution in [2.75, 3.05) is 0 Å². The van der Waals surface area contributed by atoms with E-state index in [1.807, 2.05) is 12.1 Å². The Labute approximate surface area is 59.7 Å². The van der Waals surface area contributed by atoms with Crippen molar-refractivity contribution >= 4 is 12.6 Å². The van der Waals surface area contributed by atoms with E-state index < -0.39 is 0 Å². The average molecular weight is 139 g/mol. The Kier molecular flexibility index (Phi) is 2.14. The Bertz CT molecular complexity index is 198. The predicted molar refractivity (Wildman–Crippen MR) is 38.5 cm³/mol. The maximum absolute atomic E-state index is 8.64. The Morgan fingerprint density at radius 1 is 1.67 bits per heavy atom. The molecule has 0 spiro atoms. The van der Waals surface area contributed by atoms with Gasteiger partial charge in [0.25, 0.3) is 0 Å². The highest BCUT2D eigenvalue weighted by atomic mass is 32.1. The van der Waals surface area contributed by atoms with Crippen molar-refractivity contribution < 1.29 is 5.11 Å². The molecular weight excluding hydrogens is 132 g/mol. The molecule has 1 aromatic rings. The summed E-state index contributed by atoms with van der Waals surface area (Å²) in [7, 11) is 0. The van der Waals surface area contributed by atoms with Crippen LogP contribution in [0.4, 0.5) is 0 Å². The summed E-state index contributed by atoms with van der Waals surface area (Å²) in [6, 6.07) is 8.27. The maximum Gasteiger partial charge on any atom is 0.0698 e. The fourth-order valence-electron chi connectivity index (χ4n) is 0.589. The molecule has 47 valence electrons. The SMILES string of the molecule is OCc1[c]cccc1S. The fraction of sp³-hybridized carbons (Fsp3) is 0.143. The van der Waals surface area contributed by atoms with E-state index in [0.29, 0.717) is 0 Å². The van der Waals surface area contributed by atoms with Crippen LogP contribution in [0.5, 0.6) is 0 Å². The number of rotatable bonds is 1. The molecule has 0 saturated carbocycles. The molecule has 1 N–H and O–H groups in total. The molecular formula is C7H7OS. The van der Waals surface area contributed by atoms with Crippen molar-refractivity contribution in [1.82, 2.24) is 0 Å². The minimum atomic E-state index is 0.0136. The van der Waals surface area contributed by atoms with Crippen LogP contribution in [0.1, 0.15) is 5.56 Å². The molecule has 0 aromatic heterocycles. The highest BCUT2D eigenvalue weighted by molar-refractivity contribution is 7.80. The number of hydrogen-bond donors (Lipinski definition) is 2. The molecule has 0 fully saturated rings. The number of benzene rings is 1. The lowest BCUT2D eigenvalue weighted by Gasteiger charge is -1.96. The molecule has 9 heavy (non-hydrogen) atoms. The standard InChI is InChI=1S/C7H7OS/c8-5-6-3-1-2-4-7(6)9/h1-2,4,8-9H,5H2. The Hall–Kier alpha value is -0.470. The van der Waals surface area contributed by atoms with Crippen LogP contribution in [0.15, 0.2) is 23.1 Å². The van der Waals surface area contributed by atoms with Gasteiger partial charge in [0.2, 0.25) is 0 Å². The van der Waals surface area contributed by atoms with Crippen molar-refractivity contribution in [3.8, 4) is 0 Å². The first kappa shape index (κ1) is 6.65. The van der Waals surface area contributed by atoms with Gasteiger partial charge in [-0.25, -0.2) is 0 Å². The number of aliphatic hydroxyl groups excluding tert-OH is 1. The summed E-state index contributed by atoms with van der Waals surface area (Å²) in [5, 5.41) is 8.64. The van der Waals surface area contributed by atoms with E-state index in [2.05, 4.69) is 18.7 Å². The van der Waals surface area contributed by atoms with Gasteiger partial charge < -0.3 is 5.11 Å². The molecule has 0 amide bonds. The van der Waals surface area contributed by atoms with Gasteiger partial charge in [0.05, 0.1) is 6.61 Å². The molecule has 1 radical (unpaired) electrons. The summed E-state index contributed by atoms with van der Waals surface area (Å²) in [4.78, 5) is 0.792. The molecule has 0 saturated heterocycles. The Balaban J connectivity index is 3.01. The monoisotopic (exact) mass is 139 g/mol. The van der Waals surface area contributed by atoms with Gasteiger partial charge in [-0.05, 0) is 17.7 Å². The maximum atomic E-state index is 8.64. The van der Waals surface area contributed by atoms with Gasteiger partial charge in [-0.2, -0.15) is 0 Å². The van der Waals surface area contributed by atoms with E-state index in [1.54, 1.807) is 6.07 Å². The highest BCUT2D eigenvalue weighted by Gasteiger charge is 1.92. The highest BCUT2D eigenvalue weighted by Crippen LogP contribution is 2.10. The lowest BCUT2D eigenvalue weighted by molar-refractivity contribution is 0.278. The van der Waals surface area contributed by atoms with Crippen molar-refractivity contribution in [1.29, 1.82) is 0 Å². The van der Waals surface area contributed by atoms with Gasteiger partial charge in [0.15, 0.2) is 0 Å². The second-order valence-corrected chi connectivity index (χ2v) is 2.17. The molecule has 1 nitrogen and oxygen atoms in total. The molecule has 0 bridgehead atoms. The van der Waals surface area contributed by atoms with Gasteiger partial charge in [0, 0.05) is 4.90 Å². The van der Waals surface area contributed by atoms with Crippen LogP contribution in [-0.4, -0.2) is 5.11 Å². The first-order valence-electron chi connectivity index (χ1n) is 2.64. The van der Waals surface area contributed by atoms with Crippen LogP contribution in [0.25, 0.3) is 0 Å². The summed E-state index contributed by atoms with van der Waals surface area (Å²) < 4.78 is 0. The topological polar surface area (TPSA) is 20.2 Å². The van der Waals surface area contributed by atoms with Gasteiger partial charge in [-0.15, -0.1) is 12.6 Å². The number of thiol groups is 1. The minimum absolute atomic E-state index is 0.0136. The zero-order chi connectivity index (χ0) is 6.69. The van der Waals surface area contributed by atoms with Gasteiger partial charge in [-0.3, -0.25) is 0 Å². The van der Waals surface area contributed by atoms with Gasteiger partial charge in [0.1, 0.15) is 0 Å². The second-order valence-electron chi connectivity index (χ2n) is 1.69. The quantitative estimate of drug-likeness (QED) is 0.561. The molecule has 0 heterocycles. The minimum Gasteiger partial charge on any atom is -0.392 e. The van der Waals surface area contributed by atoms with Crippen molar-refractivity contribution in [3.63, 3.8) is 0 Å². The third-order valence-electron chi connectivity index (χ3n) is 1.08. The first-order valence-corrected chi connectivity index (χ1v) is 3.08. The van der Waals surface area contributed by atoms with Crippen LogP contribution < -0.4 is 0 Å². The lowest BCUT2D eigenvalue weighted by Crippen LogP contribution is -1.83. The summed E-state index contributed by atoms with van der Waals surface area (Å²) >= 11 is 4.09. The Morgan fingerprint density at radius 2 is 2.44 bits per heavy atom. The van der Waals surface area contributed by atoms with E-state index in [4.69, 9.17) is 5.11 Å². The average Bonchev–Trinajstić information content (AvgIpc) is 1.89. The normalized spacial score (nSPS) is 9.56. The van der Waals surface area contributed by atoms with E-state index in [1.165, 1.54) is 0 Å². The lowest BCUT2D eigenvalue weighted by atomic mass is 10.2. The summed E-state index contributed by atoms with van der Waals surface area (Å²) in [5.41, 5.74) is 0.751. The fourth-order valence-corrected chi connectivity index (χ4v) is 0.810. The van der Waals surface area contributed by atoms with E-state index in [-0.39, 0.29) is 6.61 Å². The third-order valence-corrected chi connectivity index (χ3v) is 1.49. The molecule has 1 aromatic carbocycles. The van der Waals surface area contributed by atoms with E-state index in [0.717, 1.165) is 10.5 Å². The van der Waals surface area contributed by atoms with Crippen LogP contribution in [0.3, 0.4) is 0 Å². The van der Waals surface area contributed by atoms with Crippen LogP contribution in [0, 0.1) is 6.07 Å². The smallest absolute Gasteiger partial charge is 0.0698 e. The second kappa shape index (κ2) is 2.90. The molecule has 0 aliphatic carbocycles. The van der Waals surface area contributed by atoms with E-state index >= 15 is 0 Å². The van der Waals surface area contributed by atoms with Gasteiger partial charge >= 0.3 is 0 Å². The van der Waals surface area contributed by atoms with Crippen LogP contribution in [-0.2, 0) is 6.61 Å². The summed E-state index contributed by atoms with van der Waals surface area (Å²) in [6.07, 6.45) is 0. The molecule has 2 heteroatoms. The Morgan fingerprint density at radius 3 is 2.89 bits per heavy atom. The van der Waals surface area contributed by atoms with Crippen LogP contribution in [0.2, 0.25) is 0 Å². The number of hydrogen-bond acceptors (Lipinski definition) is 2. The zero-order valence-electron chi connectivity index (χ0n) is 4.83. The zero-order valence-corrected chi connectivity index (χ0v) is 5.73. The molecule has 0 aliphatic rings. The molecule has 1 rings (SSSR count). The van der Waals surface area contributed by atoms with Crippen LogP contribution >= 0.6 is 12.6 Å². The van der Waals surface area contributed by atoms with E-state index in [9.17, 15) is 0 Å². The third kappa shape index (κ3) is 1.47. The van der Waals surface area contributed by atoms with Crippen molar-refractivity contribution in [2.45, 2.75) is 11.5 Å². The molecule has 0 aliphatic heterocycles.